The summed E-state index contributed by atoms with van der Waals surface area (Å²) in [5.41, 5.74) is 1.03. The lowest BCUT2D eigenvalue weighted by Gasteiger charge is -1.91. The van der Waals surface area contributed by atoms with E-state index in [1.165, 1.54) is 0 Å². The molecule has 1 aromatic heterocycles. The van der Waals surface area contributed by atoms with Gasteiger partial charge in [0.25, 0.3) is 6.39 Å². The summed E-state index contributed by atoms with van der Waals surface area (Å²) in [5, 5.41) is 0. The standard InChI is InChI=1S/C9H6NO/c1-2-4-8(5-3-1)9-6-10-7-11-9/h1-6H. The van der Waals surface area contributed by atoms with Gasteiger partial charge in [0, 0.05) is 5.56 Å². The molecule has 1 aromatic carbocycles. The van der Waals surface area contributed by atoms with Crippen molar-refractivity contribution in [3.63, 3.8) is 0 Å². The third-order valence-corrected chi connectivity index (χ3v) is 1.45. The zero-order valence-corrected chi connectivity index (χ0v) is 5.82. The number of benzene rings is 1. The molecule has 2 aromatic rings. The first-order valence-electron chi connectivity index (χ1n) is 3.34. The third-order valence-electron chi connectivity index (χ3n) is 1.45. The van der Waals surface area contributed by atoms with Crippen LogP contribution < -0.4 is 0 Å². The molecule has 0 fully saturated rings. The van der Waals surface area contributed by atoms with E-state index in [4.69, 9.17) is 4.42 Å². The molecule has 0 aliphatic rings. The van der Waals surface area contributed by atoms with Gasteiger partial charge in [0.15, 0.2) is 5.76 Å². The molecule has 0 amide bonds. The van der Waals surface area contributed by atoms with E-state index >= 15 is 0 Å². The molecule has 1 radical (unpaired) electrons. The number of oxazole rings is 1. The van der Waals surface area contributed by atoms with Crippen molar-refractivity contribution in [2.45, 2.75) is 0 Å². The largest absolute Gasteiger partial charge is 0.432 e. The van der Waals surface area contributed by atoms with Crippen LogP contribution in [0.25, 0.3) is 11.3 Å². The second-order valence-electron chi connectivity index (χ2n) is 2.18. The molecule has 53 valence electrons. The van der Waals surface area contributed by atoms with Gasteiger partial charge in [-0.1, -0.05) is 30.3 Å². The van der Waals surface area contributed by atoms with Gasteiger partial charge in [0.2, 0.25) is 0 Å². The molecule has 2 nitrogen and oxygen atoms in total. The summed E-state index contributed by atoms with van der Waals surface area (Å²) in [7, 11) is 0. The minimum Gasteiger partial charge on any atom is -0.432 e. The van der Waals surface area contributed by atoms with Crippen molar-refractivity contribution in [3.8, 4) is 11.3 Å². The average Bonchev–Trinajstić information content (AvgIpc) is 2.58. The molecule has 1 heterocycles. The predicted molar refractivity (Wildman–Crippen MR) is 40.8 cm³/mol. The molecular formula is C9H6NO. The molecule has 0 unspecified atom stereocenters. The highest BCUT2D eigenvalue weighted by molar-refractivity contribution is 5.55. The first-order valence-corrected chi connectivity index (χ1v) is 3.34. The van der Waals surface area contributed by atoms with Crippen molar-refractivity contribution in [1.82, 2.24) is 4.98 Å². The monoisotopic (exact) mass is 144 g/mol. The van der Waals surface area contributed by atoms with Crippen molar-refractivity contribution in [1.29, 1.82) is 0 Å². The Morgan fingerprint density at radius 2 is 2.00 bits per heavy atom. The van der Waals surface area contributed by atoms with Crippen LogP contribution >= 0.6 is 0 Å². The van der Waals surface area contributed by atoms with Gasteiger partial charge >= 0.3 is 0 Å². The summed E-state index contributed by atoms with van der Waals surface area (Å²) in [5.74, 6) is 0.755. The molecule has 11 heavy (non-hydrogen) atoms. The Morgan fingerprint density at radius 1 is 1.18 bits per heavy atom. The van der Waals surface area contributed by atoms with Crippen molar-refractivity contribution in [2.24, 2.45) is 0 Å². The summed E-state index contributed by atoms with van der Waals surface area (Å²) in [4.78, 5) is 3.71. The minimum absolute atomic E-state index is 0.755. The first kappa shape index (κ1) is 6.16. The maximum absolute atomic E-state index is 4.98. The Balaban J connectivity index is 2.46. The molecule has 0 aliphatic carbocycles. The fraction of sp³-hybridized carbons (Fsp3) is 0. The van der Waals surface area contributed by atoms with Gasteiger partial charge in [-0.15, -0.1) is 0 Å². The topological polar surface area (TPSA) is 26.0 Å². The summed E-state index contributed by atoms with van der Waals surface area (Å²) in [6.07, 6.45) is 4.05. The number of hydrogen-bond acceptors (Lipinski definition) is 2. The molecule has 2 heteroatoms. The van der Waals surface area contributed by atoms with Crippen molar-refractivity contribution in [2.75, 3.05) is 0 Å². The van der Waals surface area contributed by atoms with Crippen LogP contribution in [0.5, 0.6) is 0 Å². The van der Waals surface area contributed by atoms with Crippen molar-refractivity contribution < 1.29 is 4.42 Å². The molecule has 0 aliphatic heterocycles. The SMILES string of the molecule is [c]1ncc(-c2ccccc2)o1. The molecular weight excluding hydrogens is 138 g/mol. The normalized spacial score (nSPS) is 9.82. The van der Waals surface area contributed by atoms with E-state index in [1.54, 1.807) is 6.20 Å². The quantitative estimate of drug-likeness (QED) is 0.612. The summed E-state index contributed by atoms with van der Waals surface area (Å²) >= 11 is 0. The molecule has 0 bridgehead atoms. The van der Waals surface area contributed by atoms with Crippen LogP contribution in [0.3, 0.4) is 0 Å². The van der Waals surface area contributed by atoms with E-state index in [1.807, 2.05) is 30.3 Å². The first-order chi connectivity index (χ1) is 5.47. The highest BCUT2D eigenvalue weighted by Crippen LogP contribution is 2.16. The number of rotatable bonds is 1. The van der Waals surface area contributed by atoms with Gasteiger partial charge in [0.05, 0.1) is 6.20 Å². The predicted octanol–water partition coefficient (Wildman–Crippen LogP) is 2.14. The van der Waals surface area contributed by atoms with Gasteiger partial charge in [-0.2, -0.15) is 0 Å². The van der Waals surface area contributed by atoms with Crippen LogP contribution in [0.4, 0.5) is 0 Å². The fourth-order valence-electron chi connectivity index (χ4n) is 0.923. The summed E-state index contributed by atoms with van der Waals surface area (Å²) < 4.78 is 4.98. The van der Waals surface area contributed by atoms with E-state index in [-0.39, 0.29) is 0 Å². The maximum atomic E-state index is 4.98. The second-order valence-corrected chi connectivity index (χ2v) is 2.18. The number of aromatic nitrogens is 1. The number of hydrogen-bond donors (Lipinski definition) is 0. The van der Waals surface area contributed by atoms with Crippen LogP contribution in [0.2, 0.25) is 0 Å². The van der Waals surface area contributed by atoms with Gasteiger partial charge < -0.3 is 4.42 Å². The second kappa shape index (κ2) is 2.58. The van der Waals surface area contributed by atoms with Gasteiger partial charge in [-0.3, -0.25) is 0 Å². The Bertz CT molecular complexity index is 313. The Labute approximate surface area is 64.5 Å². The van der Waals surface area contributed by atoms with Crippen LogP contribution in [-0.2, 0) is 0 Å². The lowest BCUT2D eigenvalue weighted by Crippen LogP contribution is -1.69. The molecule has 2 rings (SSSR count). The van der Waals surface area contributed by atoms with E-state index in [0.717, 1.165) is 11.3 Å². The van der Waals surface area contributed by atoms with E-state index in [9.17, 15) is 0 Å². The van der Waals surface area contributed by atoms with E-state index in [0.29, 0.717) is 0 Å². The lowest BCUT2D eigenvalue weighted by atomic mass is 10.2. The third kappa shape index (κ3) is 1.15. The van der Waals surface area contributed by atoms with Gasteiger partial charge in [-0.05, 0) is 0 Å². The fourth-order valence-corrected chi connectivity index (χ4v) is 0.923. The minimum atomic E-state index is 0.755. The Hall–Kier alpha value is -1.57. The van der Waals surface area contributed by atoms with Gasteiger partial charge in [0.1, 0.15) is 0 Å². The summed E-state index contributed by atoms with van der Waals surface area (Å²) in [6.45, 7) is 0. The van der Waals surface area contributed by atoms with Crippen LogP contribution in [0.15, 0.2) is 40.9 Å². The average molecular weight is 144 g/mol. The van der Waals surface area contributed by atoms with Crippen molar-refractivity contribution in [3.05, 3.63) is 42.9 Å². The summed E-state index contributed by atoms with van der Waals surface area (Å²) in [6, 6.07) is 9.81. The Kier molecular flexibility index (Phi) is 1.44. The van der Waals surface area contributed by atoms with E-state index < -0.39 is 0 Å². The highest BCUT2D eigenvalue weighted by Gasteiger charge is 1.97. The molecule has 0 saturated heterocycles. The molecule has 0 N–H and O–H groups in total. The van der Waals surface area contributed by atoms with Crippen molar-refractivity contribution >= 4 is 0 Å². The zero-order valence-electron chi connectivity index (χ0n) is 5.82. The molecule has 0 atom stereocenters. The smallest absolute Gasteiger partial charge is 0.284 e. The van der Waals surface area contributed by atoms with Crippen LogP contribution in [0, 0.1) is 6.39 Å². The maximum Gasteiger partial charge on any atom is 0.284 e. The highest BCUT2D eigenvalue weighted by atomic mass is 16.3. The zero-order chi connectivity index (χ0) is 7.52. The molecule has 0 saturated carbocycles. The van der Waals surface area contributed by atoms with E-state index in [2.05, 4.69) is 11.4 Å². The lowest BCUT2D eigenvalue weighted by molar-refractivity contribution is 0.561. The number of nitrogens with zero attached hydrogens (tertiary/aromatic N) is 1. The molecule has 0 spiro atoms. The van der Waals surface area contributed by atoms with Crippen LogP contribution in [-0.4, -0.2) is 4.98 Å². The van der Waals surface area contributed by atoms with Gasteiger partial charge in [-0.25, -0.2) is 4.98 Å². The Morgan fingerprint density at radius 3 is 2.64 bits per heavy atom. The van der Waals surface area contributed by atoms with Crippen LogP contribution in [0.1, 0.15) is 0 Å².